The first-order valence-corrected chi connectivity index (χ1v) is 10.0. The quantitative estimate of drug-likeness (QED) is 0.802. The Morgan fingerprint density at radius 1 is 1.21 bits per heavy atom. The number of nitrogens with zero attached hydrogens (tertiary/aromatic N) is 1. The van der Waals surface area contributed by atoms with Crippen molar-refractivity contribution >= 4 is 18.3 Å². The maximum absolute atomic E-state index is 12.4. The van der Waals surface area contributed by atoms with Gasteiger partial charge in [0, 0.05) is 36.2 Å². The fourth-order valence-electron chi connectivity index (χ4n) is 4.17. The van der Waals surface area contributed by atoms with Crippen molar-refractivity contribution in [1.29, 1.82) is 0 Å². The average molecular weight is 386 g/mol. The second-order valence-corrected chi connectivity index (χ2v) is 9.19. The van der Waals surface area contributed by atoms with E-state index >= 15 is 0 Å². The minimum Gasteiger partial charge on any atom is -0.444 e. The normalized spacial score (nSPS) is 19.0. The van der Waals surface area contributed by atoms with Crippen molar-refractivity contribution in [2.45, 2.75) is 52.1 Å². The topological polar surface area (TPSA) is 75.7 Å². The molecule has 6 heteroatoms. The van der Waals surface area contributed by atoms with Crippen LogP contribution in [0.25, 0.3) is 0 Å². The molecule has 0 unspecified atom stereocenters. The summed E-state index contributed by atoms with van der Waals surface area (Å²) in [5, 5.41) is 2.98. The third-order valence-electron chi connectivity index (χ3n) is 5.75. The lowest BCUT2D eigenvalue weighted by molar-refractivity contribution is -0.0541. The van der Waals surface area contributed by atoms with Crippen molar-refractivity contribution in [1.82, 2.24) is 10.2 Å². The van der Waals surface area contributed by atoms with Crippen LogP contribution in [0, 0.1) is 11.3 Å². The monoisotopic (exact) mass is 386 g/mol. The van der Waals surface area contributed by atoms with Gasteiger partial charge in [0.1, 0.15) is 5.60 Å². The second kappa shape index (κ2) is 7.94. The molecule has 1 aliphatic carbocycles. The first-order valence-electron chi connectivity index (χ1n) is 10.0. The van der Waals surface area contributed by atoms with Crippen molar-refractivity contribution in [3.8, 4) is 0 Å². The van der Waals surface area contributed by atoms with Crippen LogP contribution in [0.4, 0.5) is 4.79 Å². The molecule has 1 aliphatic heterocycles. The SMILES string of the molecule is CC(C)(C)OC(=O)N1CC2(CCC(CNC(=O)c3ccccc3C=O)CC2)C1. The molecule has 1 aromatic rings. The fraction of sp³-hybridized carbons (Fsp3) is 0.591. The summed E-state index contributed by atoms with van der Waals surface area (Å²) in [6.45, 7) is 7.81. The van der Waals surface area contributed by atoms with Crippen LogP contribution in [-0.2, 0) is 4.74 Å². The Bertz CT molecular complexity index is 737. The number of ether oxygens (including phenoxy) is 1. The highest BCUT2D eigenvalue weighted by Crippen LogP contribution is 2.45. The molecule has 6 nitrogen and oxygen atoms in total. The smallest absolute Gasteiger partial charge is 0.410 e. The number of carbonyl (C=O) groups is 3. The van der Waals surface area contributed by atoms with Crippen molar-refractivity contribution < 1.29 is 19.1 Å². The van der Waals surface area contributed by atoms with E-state index in [-0.39, 0.29) is 17.4 Å². The van der Waals surface area contributed by atoms with Gasteiger partial charge in [-0.1, -0.05) is 18.2 Å². The number of aldehydes is 1. The molecular formula is C22H30N2O4. The Balaban J connectivity index is 1.42. The van der Waals surface area contributed by atoms with Gasteiger partial charge >= 0.3 is 6.09 Å². The van der Waals surface area contributed by atoms with Crippen LogP contribution in [0.2, 0.25) is 0 Å². The van der Waals surface area contributed by atoms with Gasteiger partial charge in [0.25, 0.3) is 5.91 Å². The standard InChI is InChI=1S/C22H30N2O4/c1-21(2,3)28-20(27)24-14-22(15-24)10-8-16(9-11-22)12-23-19(26)18-7-5-4-6-17(18)13-25/h4-7,13,16H,8-12,14-15H2,1-3H3,(H,23,26). The molecular weight excluding hydrogens is 356 g/mol. The summed E-state index contributed by atoms with van der Waals surface area (Å²) < 4.78 is 5.44. The molecule has 1 aromatic carbocycles. The van der Waals surface area contributed by atoms with Gasteiger partial charge in [-0.15, -0.1) is 0 Å². The lowest BCUT2D eigenvalue weighted by Crippen LogP contribution is -2.60. The largest absolute Gasteiger partial charge is 0.444 e. The molecule has 1 N–H and O–H groups in total. The van der Waals surface area contributed by atoms with Crippen LogP contribution in [0.5, 0.6) is 0 Å². The van der Waals surface area contributed by atoms with Gasteiger partial charge in [0.2, 0.25) is 0 Å². The van der Waals surface area contributed by atoms with E-state index in [2.05, 4.69) is 5.32 Å². The van der Waals surface area contributed by atoms with E-state index < -0.39 is 5.60 Å². The summed E-state index contributed by atoms with van der Waals surface area (Å²) in [4.78, 5) is 37.4. The lowest BCUT2D eigenvalue weighted by atomic mass is 9.66. The molecule has 0 aromatic heterocycles. The molecule has 152 valence electrons. The molecule has 1 heterocycles. The predicted octanol–water partition coefficient (Wildman–Crippen LogP) is 3.66. The summed E-state index contributed by atoms with van der Waals surface area (Å²) in [7, 11) is 0. The van der Waals surface area contributed by atoms with E-state index in [1.54, 1.807) is 29.2 Å². The van der Waals surface area contributed by atoms with Crippen LogP contribution < -0.4 is 5.32 Å². The van der Waals surface area contributed by atoms with Crippen LogP contribution in [-0.4, -0.2) is 48.4 Å². The molecule has 1 saturated carbocycles. The maximum atomic E-state index is 12.4. The van der Waals surface area contributed by atoms with Crippen molar-refractivity contribution in [3.63, 3.8) is 0 Å². The molecule has 1 saturated heterocycles. The Kier molecular flexibility index (Phi) is 5.77. The van der Waals surface area contributed by atoms with Crippen LogP contribution >= 0.6 is 0 Å². The highest BCUT2D eigenvalue weighted by molar-refractivity contribution is 6.01. The number of hydrogen-bond acceptors (Lipinski definition) is 4. The zero-order valence-electron chi connectivity index (χ0n) is 17.0. The minimum atomic E-state index is -0.460. The number of carbonyl (C=O) groups excluding carboxylic acids is 3. The summed E-state index contributed by atoms with van der Waals surface area (Å²) in [5.41, 5.74) is 0.607. The molecule has 0 atom stereocenters. The summed E-state index contributed by atoms with van der Waals surface area (Å²) >= 11 is 0. The minimum absolute atomic E-state index is 0.192. The van der Waals surface area contributed by atoms with Gasteiger partial charge < -0.3 is 15.0 Å². The van der Waals surface area contributed by atoms with Gasteiger partial charge in [-0.25, -0.2) is 4.79 Å². The number of hydrogen-bond donors (Lipinski definition) is 1. The number of amides is 2. The van der Waals surface area contributed by atoms with Gasteiger partial charge in [-0.05, 0) is 58.4 Å². The van der Waals surface area contributed by atoms with Gasteiger partial charge in [0.15, 0.2) is 6.29 Å². The number of rotatable bonds is 4. The zero-order chi connectivity index (χ0) is 20.4. The Morgan fingerprint density at radius 2 is 1.86 bits per heavy atom. The second-order valence-electron chi connectivity index (χ2n) is 9.19. The van der Waals surface area contributed by atoms with Crippen LogP contribution in [0.1, 0.15) is 67.2 Å². The first kappa shape index (κ1) is 20.4. The number of nitrogens with one attached hydrogen (secondary N) is 1. The van der Waals surface area contributed by atoms with E-state index in [1.165, 1.54) is 0 Å². The molecule has 28 heavy (non-hydrogen) atoms. The zero-order valence-corrected chi connectivity index (χ0v) is 17.0. The Hall–Kier alpha value is -2.37. The van der Waals surface area contributed by atoms with Gasteiger partial charge in [0.05, 0.1) is 0 Å². The van der Waals surface area contributed by atoms with Crippen LogP contribution in [0.15, 0.2) is 24.3 Å². The highest BCUT2D eigenvalue weighted by atomic mass is 16.6. The molecule has 0 radical (unpaired) electrons. The van der Waals surface area contributed by atoms with Gasteiger partial charge in [-0.3, -0.25) is 9.59 Å². The van der Waals surface area contributed by atoms with Crippen LogP contribution in [0.3, 0.4) is 0 Å². The third-order valence-corrected chi connectivity index (χ3v) is 5.75. The summed E-state index contributed by atoms with van der Waals surface area (Å²) in [6, 6.07) is 6.84. The average Bonchev–Trinajstić information content (AvgIpc) is 2.63. The van der Waals surface area contributed by atoms with Crippen molar-refractivity contribution in [2.24, 2.45) is 11.3 Å². The van der Waals surface area contributed by atoms with E-state index in [0.717, 1.165) is 38.8 Å². The molecule has 1 spiro atoms. The van der Waals surface area contributed by atoms with Crippen molar-refractivity contribution in [3.05, 3.63) is 35.4 Å². The van der Waals surface area contributed by atoms with E-state index in [0.29, 0.717) is 29.9 Å². The predicted molar refractivity (Wildman–Crippen MR) is 106 cm³/mol. The fourth-order valence-corrected chi connectivity index (χ4v) is 4.17. The van der Waals surface area contributed by atoms with Crippen molar-refractivity contribution in [2.75, 3.05) is 19.6 Å². The Morgan fingerprint density at radius 3 is 2.46 bits per heavy atom. The molecule has 3 rings (SSSR count). The third kappa shape index (κ3) is 4.72. The summed E-state index contributed by atoms with van der Waals surface area (Å²) in [5.74, 6) is 0.247. The molecule has 2 fully saturated rings. The molecule has 2 aliphatic rings. The first-order chi connectivity index (χ1) is 13.2. The van der Waals surface area contributed by atoms with E-state index in [1.807, 2.05) is 20.8 Å². The maximum Gasteiger partial charge on any atom is 0.410 e. The number of benzene rings is 1. The van der Waals surface area contributed by atoms with E-state index in [4.69, 9.17) is 4.74 Å². The number of likely N-dealkylation sites (tertiary alicyclic amines) is 1. The lowest BCUT2D eigenvalue weighted by Gasteiger charge is -2.53. The summed E-state index contributed by atoms with van der Waals surface area (Å²) in [6.07, 6.45) is 4.71. The Labute approximate surface area is 166 Å². The van der Waals surface area contributed by atoms with Gasteiger partial charge in [-0.2, -0.15) is 0 Å². The molecule has 0 bridgehead atoms. The van der Waals surface area contributed by atoms with E-state index in [9.17, 15) is 14.4 Å². The highest BCUT2D eigenvalue weighted by Gasteiger charge is 2.47. The molecule has 2 amide bonds.